The third-order valence-corrected chi connectivity index (χ3v) is 5.37. The lowest BCUT2D eigenvalue weighted by molar-refractivity contribution is -0.127. The molecule has 98 valence electrons. The van der Waals surface area contributed by atoms with E-state index in [0.717, 1.165) is 25.7 Å². The number of carbonyl (C=O) groups is 1. The largest absolute Gasteiger partial charge is 0.390 e. The molecule has 2 nitrogen and oxygen atoms in total. The van der Waals surface area contributed by atoms with Crippen molar-refractivity contribution in [2.75, 3.05) is 0 Å². The molecule has 5 atom stereocenters. The summed E-state index contributed by atoms with van der Waals surface area (Å²) in [6.45, 7) is 8.23. The van der Waals surface area contributed by atoms with E-state index in [4.69, 9.17) is 0 Å². The maximum atomic E-state index is 11.8. The Labute approximate surface area is 105 Å². The van der Waals surface area contributed by atoms with Crippen molar-refractivity contribution in [1.82, 2.24) is 0 Å². The number of fused-ring (bicyclic) bond motifs is 1. The Kier molecular flexibility index (Phi) is 3.37. The molecule has 0 saturated heterocycles. The molecule has 0 heterocycles. The Hall–Kier alpha value is -0.370. The van der Waals surface area contributed by atoms with Crippen molar-refractivity contribution >= 4 is 5.78 Å². The van der Waals surface area contributed by atoms with Crippen LogP contribution in [0.5, 0.6) is 0 Å². The molecule has 1 N–H and O–H groups in total. The summed E-state index contributed by atoms with van der Waals surface area (Å²) in [6, 6.07) is 0. The van der Waals surface area contributed by atoms with E-state index in [1.54, 1.807) is 6.92 Å². The van der Waals surface area contributed by atoms with Crippen LogP contribution in [0.2, 0.25) is 0 Å². The van der Waals surface area contributed by atoms with E-state index in [-0.39, 0.29) is 5.92 Å². The summed E-state index contributed by atoms with van der Waals surface area (Å²) in [5.74, 6) is 2.56. The average Bonchev–Trinajstić information content (AvgIpc) is 2.62. The van der Waals surface area contributed by atoms with Gasteiger partial charge in [-0.25, -0.2) is 0 Å². The van der Waals surface area contributed by atoms with Crippen molar-refractivity contribution in [2.24, 2.45) is 29.6 Å². The fourth-order valence-corrected chi connectivity index (χ4v) is 4.44. The summed E-state index contributed by atoms with van der Waals surface area (Å²) in [4.78, 5) is 11.8. The quantitative estimate of drug-likeness (QED) is 0.803. The Morgan fingerprint density at radius 1 is 1.29 bits per heavy atom. The molecule has 0 aromatic heterocycles. The smallest absolute Gasteiger partial charge is 0.133 e. The molecule has 0 radical (unpaired) electrons. The molecule has 0 aromatic carbocycles. The second-order valence-corrected chi connectivity index (χ2v) is 6.78. The van der Waals surface area contributed by atoms with Crippen LogP contribution in [0.15, 0.2) is 0 Å². The van der Waals surface area contributed by atoms with E-state index in [9.17, 15) is 9.90 Å². The second-order valence-electron chi connectivity index (χ2n) is 6.78. The molecular formula is C15H26O2. The minimum atomic E-state index is -0.541. The van der Waals surface area contributed by atoms with Crippen LogP contribution in [-0.2, 0) is 4.79 Å². The first-order valence-corrected chi connectivity index (χ1v) is 7.07. The number of rotatable bonds is 2. The minimum absolute atomic E-state index is 0.208. The van der Waals surface area contributed by atoms with Gasteiger partial charge in [0.2, 0.25) is 0 Å². The zero-order valence-electron chi connectivity index (χ0n) is 11.6. The third-order valence-electron chi connectivity index (χ3n) is 5.37. The predicted octanol–water partition coefficient (Wildman–Crippen LogP) is 3.03. The van der Waals surface area contributed by atoms with Crippen LogP contribution in [0.4, 0.5) is 0 Å². The lowest BCUT2D eigenvalue weighted by Crippen LogP contribution is -2.47. The van der Waals surface area contributed by atoms with E-state index in [1.165, 1.54) is 0 Å². The van der Waals surface area contributed by atoms with Crippen LogP contribution in [0, 0.1) is 29.6 Å². The summed E-state index contributed by atoms with van der Waals surface area (Å²) in [7, 11) is 0. The monoisotopic (exact) mass is 238 g/mol. The van der Waals surface area contributed by atoms with Gasteiger partial charge in [-0.3, -0.25) is 4.79 Å². The van der Waals surface area contributed by atoms with Gasteiger partial charge in [0.25, 0.3) is 0 Å². The van der Waals surface area contributed by atoms with Crippen LogP contribution < -0.4 is 0 Å². The summed E-state index contributed by atoms with van der Waals surface area (Å²) >= 11 is 0. The normalized spacial score (nSPS) is 46.0. The summed E-state index contributed by atoms with van der Waals surface area (Å²) in [5, 5.41) is 10.5. The highest BCUT2D eigenvalue weighted by atomic mass is 16.3. The number of aliphatic hydroxyl groups is 1. The number of Topliss-reactive ketones (excluding diaryl/α,β-unsaturated/α-hetero) is 1. The van der Waals surface area contributed by atoms with Crippen LogP contribution in [-0.4, -0.2) is 16.5 Å². The van der Waals surface area contributed by atoms with Crippen molar-refractivity contribution < 1.29 is 9.90 Å². The van der Waals surface area contributed by atoms with Gasteiger partial charge in [-0.05, 0) is 63.2 Å². The molecule has 2 saturated carbocycles. The predicted molar refractivity (Wildman–Crippen MR) is 68.6 cm³/mol. The minimum Gasteiger partial charge on any atom is -0.390 e. The van der Waals surface area contributed by atoms with Gasteiger partial charge >= 0.3 is 0 Å². The first kappa shape index (κ1) is 13.1. The standard InChI is InChI=1S/C15H26O2/c1-9(2)11-7-8-15(4,17)13-6-5-12(10(3)16)14(11)13/h9,11-14,17H,5-8H2,1-4H3/t11-,12+,13+,14+,15+/m1/s1. The Morgan fingerprint density at radius 2 is 1.94 bits per heavy atom. The van der Waals surface area contributed by atoms with Gasteiger partial charge in [-0.15, -0.1) is 0 Å². The van der Waals surface area contributed by atoms with Gasteiger partial charge < -0.3 is 5.11 Å². The number of hydrogen-bond acceptors (Lipinski definition) is 2. The summed E-state index contributed by atoms with van der Waals surface area (Å²) in [5.41, 5.74) is -0.541. The van der Waals surface area contributed by atoms with Crippen molar-refractivity contribution in [2.45, 2.75) is 59.0 Å². The number of hydrogen-bond donors (Lipinski definition) is 1. The molecule has 0 spiro atoms. The molecular weight excluding hydrogens is 212 g/mol. The third kappa shape index (κ3) is 2.16. The van der Waals surface area contributed by atoms with Crippen LogP contribution in [0.25, 0.3) is 0 Å². The molecule has 17 heavy (non-hydrogen) atoms. The molecule has 2 fully saturated rings. The summed E-state index contributed by atoms with van der Waals surface area (Å²) in [6.07, 6.45) is 4.01. The Bertz CT molecular complexity index is 306. The second kappa shape index (κ2) is 4.38. The van der Waals surface area contributed by atoms with Gasteiger partial charge in [-0.1, -0.05) is 13.8 Å². The topological polar surface area (TPSA) is 37.3 Å². The van der Waals surface area contributed by atoms with Gasteiger partial charge in [0.05, 0.1) is 5.60 Å². The van der Waals surface area contributed by atoms with E-state index < -0.39 is 5.60 Å². The summed E-state index contributed by atoms with van der Waals surface area (Å²) < 4.78 is 0. The molecule has 2 aliphatic carbocycles. The molecule has 2 heteroatoms. The fraction of sp³-hybridized carbons (Fsp3) is 0.933. The van der Waals surface area contributed by atoms with E-state index in [2.05, 4.69) is 13.8 Å². The lowest BCUT2D eigenvalue weighted by Gasteiger charge is -2.46. The first-order chi connectivity index (χ1) is 7.84. The average molecular weight is 238 g/mol. The molecule has 0 bridgehead atoms. The maximum Gasteiger partial charge on any atom is 0.133 e. The SMILES string of the molecule is CC(=O)[C@@H]1CC[C@H]2[C@H]1[C@@H](C(C)C)CC[C@]2(C)O. The Balaban J connectivity index is 2.28. The van der Waals surface area contributed by atoms with E-state index in [1.807, 2.05) is 6.92 Å². The van der Waals surface area contributed by atoms with Crippen molar-refractivity contribution in [3.8, 4) is 0 Å². The van der Waals surface area contributed by atoms with Gasteiger partial charge in [-0.2, -0.15) is 0 Å². The van der Waals surface area contributed by atoms with E-state index >= 15 is 0 Å². The zero-order chi connectivity index (χ0) is 12.8. The maximum absolute atomic E-state index is 11.8. The van der Waals surface area contributed by atoms with Gasteiger partial charge in [0, 0.05) is 5.92 Å². The Morgan fingerprint density at radius 3 is 2.47 bits per heavy atom. The molecule has 0 aromatic rings. The highest BCUT2D eigenvalue weighted by Gasteiger charge is 2.53. The molecule has 2 aliphatic rings. The van der Waals surface area contributed by atoms with Crippen molar-refractivity contribution in [1.29, 1.82) is 0 Å². The molecule has 0 unspecified atom stereocenters. The lowest BCUT2D eigenvalue weighted by atomic mass is 9.61. The highest BCUT2D eigenvalue weighted by Crippen LogP contribution is 2.54. The molecule has 0 aliphatic heterocycles. The van der Waals surface area contributed by atoms with E-state index in [0.29, 0.717) is 29.5 Å². The highest BCUT2D eigenvalue weighted by molar-refractivity contribution is 5.79. The first-order valence-electron chi connectivity index (χ1n) is 7.07. The van der Waals surface area contributed by atoms with Crippen LogP contribution in [0.1, 0.15) is 53.4 Å². The molecule has 0 amide bonds. The fourth-order valence-electron chi connectivity index (χ4n) is 4.44. The van der Waals surface area contributed by atoms with Crippen LogP contribution in [0.3, 0.4) is 0 Å². The zero-order valence-corrected chi connectivity index (χ0v) is 11.6. The van der Waals surface area contributed by atoms with Crippen LogP contribution >= 0.6 is 0 Å². The van der Waals surface area contributed by atoms with Crippen molar-refractivity contribution in [3.05, 3.63) is 0 Å². The van der Waals surface area contributed by atoms with Gasteiger partial charge in [0.1, 0.15) is 5.78 Å². The van der Waals surface area contributed by atoms with Gasteiger partial charge in [0.15, 0.2) is 0 Å². The van der Waals surface area contributed by atoms with Crippen molar-refractivity contribution in [3.63, 3.8) is 0 Å². The molecule has 2 rings (SSSR count). The number of ketones is 1. The number of carbonyl (C=O) groups excluding carboxylic acids is 1.